The van der Waals surface area contributed by atoms with E-state index < -0.39 is 7.52 Å². The van der Waals surface area contributed by atoms with Gasteiger partial charge in [-0.15, -0.1) is 0 Å². The minimum absolute atomic E-state index is 0.205. The minimum Gasteiger partial charge on any atom is -0.494 e. The lowest BCUT2D eigenvalue weighted by Gasteiger charge is -2.48. The van der Waals surface area contributed by atoms with Crippen molar-refractivity contribution < 1.29 is 13.8 Å². The van der Waals surface area contributed by atoms with Gasteiger partial charge in [-0.25, -0.2) is 4.67 Å². The predicted molar refractivity (Wildman–Crippen MR) is 88.6 cm³/mol. The van der Waals surface area contributed by atoms with Crippen molar-refractivity contribution in [1.82, 2.24) is 4.67 Å². The van der Waals surface area contributed by atoms with E-state index >= 15 is 0 Å². The summed E-state index contributed by atoms with van der Waals surface area (Å²) in [6.45, 7) is 16.9. The molecule has 1 rings (SSSR count). The molecule has 1 aliphatic heterocycles. The van der Waals surface area contributed by atoms with Crippen LogP contribution in [-0.2, 0) is 13.8 Å². The third kappa shape index (κ3) is 4.98. The first-order chi connectivity index (χ1) is 9.54. The molecule has 1 unspecified atom stereocenters. The topological polar surface area (TPSA) is 38.8 Å². The molecule has 122 valence electrons. The van der Waals surface area contributed by atoms with Crippen LogP contribution in [-0.4, -0.2) is 35.1 Å². The van der Waals surface area contributed by atoms with E-state index in [9.17, 15) is 4.57 Å². The molecule has 0 N–H and O–H groups in total. The van der Waals surface area contributed by atoms with Gasteiger partial charge in [0.05, 0.1) is 11.8 Å². The average Bonchev–Trinajstić information content (AvgIpc) is 2.31. The van der Waals surface area contributed by atoms with Gasteiger partial charge in [0.15, 0.2) is 0 Å². The summed E-state index contributed by atoms with van der Waals surface area (Å²) >= 11 is 0. The number of ether oxygens (including phenoxy) is 1. The number of nitrogens with zero attached hydrogens (tertiary/aromatic N) is 1. The summed E-state index contributed by atoms with van der Waals surface area (Å²) in [6.07, 6.45) is 4.71. The summed E-state index contributed by atoms with van der Waals surface area (Å²) < 4.78 is 27.2. The van der Waals surface area contributed by atoms with E-state index in [1.54, 1.807) is 6.08 Å². The first-order valence-corrected chi connectivity index (χ1v) is 9.27. The van der Waals surface area contributed by atoms with E-state index in [1.807, 2.05) is 31.5 Å². The Kier molecular flexibility index (Phi) is 5.88. The molecule has 0 aliphatic carbocycles. The van der Waals surface area contributed by atoms with Gasteiger partial charge in [-0.05, 0) is 54.0 Å². The molecular formula is C16H30NO3P. The van der Waals surface area contributed by atoms with Gasteiger partial charge in [0, 0.05) is 12.1 Å². The summed E-state index contributed by atoms with van der Waals surface area (Å²) in [7, 11) is -2.97. The SMILES string of the molecule is C=CCO/C(=C/C)CP1(=O)OC(C)(C)CCN1C(C)(C)C. The van der Waals surface area contributed by atoms with E-state index in [1.165, 1.54) is 0 Å². The molecule has 1 fully saturated rings. The van der Waals surface area contributed by atoms with Crippen molar-refractivity contribution in [2.75, 3.05) is 19.3 Å². The molecule has 0 aromatic carbocycles. The van der Waals surface area contributed by atoms with E-state index in [2.05, 4.69) is 27.4 Å². The number of allylic oxidation sites excluding steroid dienone is 2. The highest BCUT2D eigenvalue weighted by Crippen LogP contribution is 2.61. The lowest BCUT2D eigenvalue weighted by atomic mass is 10.0. The van der Waals surface area contributed by atoms with Crippen LogP contribution in [0.2, 0.25) is 0 Å². The van der Waals surface area contributed by atoms with Crippen LogP contribution in [0.15, 0.2) is 24.5 Å². The second-order valence-corrected chi connectivity index (χ2v) is 9.30. The van der Waals surface area contributed by atoms with Crippen LogP contribution in [0, 0.1) is 0 Å². The molecule has 1 heterocycles. The van der Waals surface area contributed by atoms with Crippen molar-refractivity contribution in [2.24, 2.45) is 0 Å². The first-order valence-electron chi connectivity index (χ1n) is 7.51. The third-order valence-corrected chi connectivity index (χ3v) is 6.55. The zero-order valence-electron chi connectivity index (χ0n) is 14.3. The summed E-state index contributed by atoms with van der Waals surface area (Å²) in [5.41, 5.74) is -0.572. The second-order valence-electron chi connectivity index (χ2n) is 7.05. The van der Waals surface area contributed by atoms with Gasteiger partial charge in [-0.1, -0.05) is 12.7 Å². The van der Waals surface area contributed by atoms with E-state index in [0.717, 1.165) is 13.0 Å². The van der Waals surface area contributed by atoms with Crippen LogP contribution in [0.25, 0.3) is 0 Å². The molecule has 1 atom stereocenters. The summed E-state index contributed by atoms with van der Waals surface area (Å²) in [6, 6.07) is 0. The Balaban J connectivity index is 3.03. The zero-order chi connectivity index (χ0) is 16.3. The lowest BCUT2D eigenvalue weighted by molar-refractivity contribution is 0.0308. The summed E-state index contributed by atoms with van der Waals surface area (Å²) in [4.78, 5) is 0. The predicted octanol–water partition coefficient (Wildman–Crippen LogP) is 4.59. The highest BCUT2D eigenvalue weighted by atomic mass is 31.2. The smallest absolute Gasteiger partial charge is 0.280 e. The Bertz CT molecular complexity index is 449. The van der Waals surface area contributed by atoms with Crippen LogP contribution in [0.3, 0.4) is 0 Å². The van der Waals surface area contributed by atoms with Crippen LogP contribution >= 0.6 is 7.52 Å². The third-order valence-electron chi connectivity index (χ3n) is 3.52. The molecule has 0 aromatic heterocycles. The number of hydrogen-bond donors (Lipinski definition) is 0. The minimum atomic E-state index is -2.97. The molecule has 1 aliphatic rings. The maximum absolute atomic E-state index is 13.5. The van der Waals surface area contributed by atoms with Gasteiger partial charge in [0.2, 0.25) is 0 Å². The highest BCUT2D eigenvalue weighted by Gasteiger charge is 2.47. The summed E-state index contributed by atoms with van der Waals surface area (Å²) in [5.74, 6) is 0.699. The Morgan fingerprint density at radius 3 is 2.57 bits per heavy atom. The van der Waals surface area contributed by atoms with Crippen molar-refractivity contribution in [2.45, 2.75) is 59.1 Å². The number of hydrogen-bond acceptors (Lipinski definition) is 3. The Morgan fingerprint density at radius 2 is 2.10 bits per heavy atom. The summed E-state index contributed by atoms with van der Waals surface area (Å²) in [5, 5.41) is 0. The van der Waals surface area contributed by atoms with Gasteiger partial charge in [-0.3, -0.25) is 4.57 Å². The molecule has 0 spiro atoms. The Labute approximate surface area is 129 Å². The van der Waals surface area contributed by atoms with Crippen molar-refractivity contribution in [3.05, 3.63) is 24.5 Å². The molecule has 1 saturated heterocycles. The molecule has 21 heavy (non-hydrogen) atoms. The second kappa shape index (κ2) is 6.68. The fraction of sp³-hybridized carbons (Fsp3) is 0.750. The molecule has 0 amide bonds. The van der Waals surface area contributed by atoms with Crippen LogP contribution in [0.1, 0.15) is 48.0 Å². The van der Waals surface area contributed by atoms with Crippen molar-refractivity contribution in [1.29, 1.82) is 0 Å². The zero-order valence-corrected chi connectivity index (χ0v) is 15.2. The van der Waals surface area contributed by atoms with Gasteiger partial charge < -0.3 is 9.26 Å². The van der Waals surface area contributed by atoms with Crippen LogP contribution < -0.4 is 0 Å². The molecule has 0 saturated carbocycles. The number of rotatable bonds is 5. The van der Waals surface area contributed by atoms with Crippen molar-refractivity contribution in [3.8, 4) is 0 Å². The maximum Gasteiger partial charge on any atom is 0.280 e. The van der Waals surface area contributed by atoms with Gasteiger partial charge in [0.1, 0.15) is 12.4 Å². The molecule has 0 aromatic rings. The van der Waals surface area contributed by atoms with Crippen LogP contribution in [0.5, 0.6) is 0 Å². The molecule has 5 heteroatoms. The molecule has 0 radical (unpaired) electrons. The van der Waals surface area contributed by atoms with Gasteiger partial charge in [-0.2, -0.15) is 0 Å². The fourth-order valence-corrected chi connectivity index (χ4v) is 5.69. The van der Waals surface area contributed by atoms with Crippen molar-refractivity contribution in [3.63, 3.8) is 0 Å². The Morgan fingerprint density at radius 1 is 1.48 bits per heavy atom. The quantitative estimate of drug-likeness (QED) is 0.423. The fourth-order valence-electron chi connectivity index (χ4n) is 2.50. The normalized spacial score (nSPS) is 27.4. The van der Waals surface area contributed by atoms with E-state index in [4.69, 9.17) is 9.26 Å². The Hall–Kier alpha value is -0.570. The van der Waals surface area contributed by atoms with Gasteiger partial charge in [0.25, 0.3) is 7.52 Å². The molecule has 0 bridgehead atoms. The lowest BCUT2D eigenvalue weighted by Crippen LogP contribution is -2.48. The van der Waals surface area contributed by atoms with Crippen LogP contribution in [0.4, 0.5) is 0 Å². The monoisotopic (exact) mass is 315 g/mol. The highest BCUT2D eigenvalue weighted by molar-refractivity contribution is 7.56. The molecule has 4 nitrogen and oxygen atoms in total. The maximum atomic E-state index is 13.5. The van der Waals surface area contributed by atoms with Gasteiger partial charge >= 0.3 is 0 Å². The van der Waals surface area contributed by atoms with Crippen molar-refractivity contribution >= 4 is 7.52 Å². The molecular weight excluding hydrogens is 285 g/mol. The first kappa shape index (κ1) is 18.5. The average molecular weight is 315 g/mol. The van der Waals surface area contributed by atoms with E-state index in [-0.39, 0.29) is 11.1 Å². The largest absolute Gasteiger partial charge is 0.494 e. The standard InChI is InChI=1S/C16H30NO3P/c1-8-12-19-14(9-2)13-21(18)17(15(3,4)5)11-10-16(6,7)20-21/h8-9H,1,10-13H2,2-7H3/b14-9+. The van der Waals surface area contributed by atoms with E-state index in [0.29, 0.717) is 18.5 Å².